The average Bonchev–Trinajstić information content (AvgIpc) is 2.34. The highest BCUT2D eigenvalue weighted by atomic mass is 16.5. The van der Waals surface area contributed by atoms with Gasteiger partial charge in [-0.1, -0.05) is 24.0 Å². The van der Waals surface area contributed by atoms with Crippen molar-refractivity contribution in [3.05, 3.63) is 35.4 Å². The molecule has 3 nitrogen and oxygen atoms in total. The molecule has 0 saturated heterocycles. The molecule has 0 radical (unpaired) electrons. The largest absolute Gasteiger partial charge is 0.384 e. The Hall–Kier alpha value is -1.34. The zero-order chi connectivity index (χ0) is 12.5. The molecule has 0 amide bonds. The van der Waals surface area contributed by atoms with Crippen LogP contribution in [0.3, 0.4) is 0 Å². The molecule has 1 N–H and O–H groups in total. The van der Waals surface area contributed by atoms with Gasteiger partial charge < -0.3 is 9.84 Å². The van der Waals surface area contributed by atoms with Gasteiger partial charge in [-0.15, -0.1) is 0 Å². The summed E-state index contributed by atoms with van der Waals surface area (Å²) in [5.74, 6) is 5.56. The molecule has 0 fully saturated rings. The average molecular weight is 233 g/mol. The van der Waals surface area contributed by atoms with Gasteiger partial charge in [0.05, 0.1) is 6.61 Å². The standard InChI is InChI=1S/C14H19NO2/c1-15(8-10-17-2)12-14-6-3-5-13(11-14)7-4-9-16/h3,5-6,11,16H,8-10,12H2,1-2H3. The van der Waals surface area contributed by atoms with E-state index in [1.165, 1.54) is 5.56 Å². The quantitative estimate of drug-likeness (QED) is 0.773. The summed E-state index contributed by atoms with van der Waals surface area (Å²) in [5, 5.41) is 8.64. The molecule has 0 heterocycles. The fourth-order valence-corrected chi connectivity index (χ4v) is 1.53. The Morgan fingerprint density at radius 1 is 1.41 bits per heavy atom. The van der Waals surface area contributed by atoms with Gasteiger partial charge in [0, 0.05) is 25.8 Å². The van der Waals surface area contributed by atoms with Crippen molar-refractivity contribution in [2.24, 2.45) is 0 Å². The second kappa shape index (κ2) is 7.86. The first-order valence-electron chi connectivity index (χ1n) is 5.62. The number of nitrogens with zero attached hydrogens (tertiary/aromatic N) is 1. The Morgan fingerprint density at radius 3 is 2.94 bits per heavy atom. The summed E-state index contributed by atoms with van der Waals surface area (Å²) in [4.78, 5) is 2.20. The van der Waals surface area contributed by atoms with E-state index in [2.05, 4.69) is 29.9 Å². The number of hydrogen-bond acceptors (Lipinski definition) is 3. The summed E-state index contributed by atoms with van der Waals surface area (Å²) in [6.45, 7) is 2.42. The molecule has 0 aliphatic rings. The number of aliphatic hydroxyl groups excluding tert-OH is 1. The Balaban J connectivity index is 2.59. The van der Waals surface area contributed by atoms with Crippen molar-refractivity contribution in [1.29, 1.82) is 0 Å². The van der Waals surface area contributed by atoms with Gasteiger partial charge in [-0.05, 0) is 24.7 Å². The second-order valence-electron chi connectivity index (χ2n) is 3.89. The first-order chi connectivity index (χ1) is 8.26. The van der Waals surface area contributed by atoms with E-state index < -0.39 is 0 Å². The highest BCUT2D eigenvalue weighted by Crippen LogP contribution is 2.06. The Morgan fingerprint density at radius 2 is 2.24 bits per heavy atom. The van der Waals surface area contributed by atoms with Crippen LogP contribution in [0.2, 0.25) is 0 Å². The minimum atomic E-state index is -0.0992. The van der Waals surface area contributed by atoms with Gasteiger partial charge in [0.15, 0.2) is 0 Å². The molecule has 0 unspecified atom stereocenters. The van der Waals surface area contributed by atoms with Gasteiger partial charge in [-0.2, -0.15) is 0 Å². The first-order valence-corrected chi connectivity index (χ1v) is 5.62. The van der Waals surface area contributed by atoms with Crippen LogP contribution < -0.4 is 0 Å². The zero-order valence-corrected chi connectivity index (χ0v) is 10.4. The Kier molecular flexibility index (Phi) is 6.34. The third kappa shape index (κ3) is 5.50. The van der Waals surface area contributed by atoms with Crippen LogP contribution in [0.5, 0.6) is 0 Å². The summed E-state index contributed by atoms with van der Waals surface area (Å²) in [6.07, 6.45) is 0. The SMILES string of the molecule is COCCN(C)Cc1cccc(C#CCO)c1. The fourth-order valence-electron chi connectivity index (χ4n) is 1.53. The van der Waals surface area contributed by atoms with Crippen molar-refractivity contribution in [2.75, 3.05) is 33.9 Å². The smallest absolute Gasteiger partial charge is 0.104 e. The van der Waals surface area contributed by atoms with Crippen molar-refractivity contribution < 1.29 is 9.84 Å². The third-order valence-electron chi connectivity index (χ3n) is 2.37. The molecule has 1 rings (SSSR count). The first kappa shape index (κ1) is 13.7. The zero-order valence-electron chi connectivity index (χ0n) is 10.4. The normalized spacial score (nSPS) is 10.1. The molecule has 0 aromatic heterocycles. The third-order valence-corrected chi connectivity index (χ3v) is 2.37. The molecular weight excluding hydrogens is 214 g/mol. The number of benzene rings is 1. The van der Waals surface area contributed by atoms with Gasteiger partial charge in [-0.25, -0.2) is 0 Å². The predicted octanol–water partition coefficient (Wildman–Crippen LogP) is 1.11. The fraction of sp³-hybridized carbons (Fsp3) is 0.429. The lowest BCUT2D eigenvalue weighted by Crippen LogP contribution is -2.22. The van der Waals surface area contributed by atoms with Gasteiger partial charge in [0.1, 0.15) is 6.61 Å². The molecule has 3 heteroatoms. The maximum absolute atomic E-state index is 8.64. The van der Waals surface area contributed by atoms with Crippen molar-refractivity contribution in [1.82, 2.24) is 4.90 Å². The Labute approximate surface area is 103 Å². The van der Waals surface area contributed by atoms with Crippen LogP contribution in [0.25, 0.3) is 0 Å². The lowest BCUT2D eigenvalue weighted by molar-refractivity contribution is 0.158. The summed E-state index contributed by atoms with van der Waals surface area (Å²) in [5.41, 5.74) is 2.16. The van der Waals surface area contributed by atoms with E-state index in [-0.39, 0.29) is 6.61 Å². The second-order valence-corrected chi connectivity index (χ2v) is 3.89. The summed E-state index contributed by atoms with van der Waals surface area (Å²) in [6, 6.07) is 8.06. The van der Waals surface area contributed by atoms with Crippen molar-refractivity contribution >= 4 is 0 Å². The van der Waals surface area contributed by atoms with Gasteiger partial charge in [-0.3, -0.25) is 4.90 Å². The lowest BCUT2D eigenvalue weighted by atomic mass is 10.1. The van der Waals surface area contributed by atoms with Crippen molar-refractivity contribution in [3.63, 3.8) is 0 Å². The van der Waals surface area contributed by atoms with E-state index in [0.29, 0.717) is 0 Å². The number of aliphatic hydroxyl groups is 1. The number of ether oxygens (including phenoxy) is 1. The Bertz CT molecular complexity index is 393. The number of likely N-dealkylation sites (N-methyl/N-ethyl adjacent to an activating group) is 1. The van der Waals surface area contributed by atoms with Gasteiger partial charge in [0.2, 0.25) is 0 Å². The topological polar surface area (TPSA) is 32.7 Å². The van der Waals surface area contributed by atoms with E-state index in [0.717, 1.165) is 25.3 Å². The molecule has 17 heavy (non-hydrogen) atoms. The molecule has 0 aliphatic heterocycles. The molecule has 1 aromatic rings. The van der Waals surface area contributed by atoms with Gasteiger partial charge >= 0.3 is 0 Å². The highest BCUT2D eigenvalue weighted by Gasteiger charge is 2.00. The molecule has 1 aromatic carbocycles. The molecule has 0 atom stereocenters. The minimum Gasteiger partial charge on any atom is -0.384 e. The maximum Gasteiger partial charge on any atom is 0.104 e. The molecule has 92 valence electrons. The number of rotatable bonds is 5. The van der Waals surface area contributed by atoms with Crippen molar-refractivity contribution in [2.45, 2.75) is 6.54 Å². The molecular formula is C14H19NO2. The van der Waals surface area contributed by atoms with Crippen LogP contribution in [0, 0.1) is 11.8 Å². The van der Waals surface area contributed by atoms with Crippen molar-refractivity contribution in [3.8, 4) is 11.8 Å². The van der Waals surface area contributed by atoms with E-state index in [1.54, 1.807) is 7.11 Å². The summed E-state index contributed by atoms with van der Waals surface area (Å²) in [7, 11) is 3.77. The van der Waals surface area contributed by atoms with Crippen LogP contribution in [-0.2, 0) is 11.3 Å². The van der Waals surface area contributed by atoms with Crippen LogP contribution >= 0.6 is 0 Å². The van der Waals surface area contributed by atoms with Crippen LogP contribution in [0.4, 0.5) is 0 Å². The van der Waals surface area contributed by atoms with Crippen LogP contribution in [-0.4, -0.2) is 43.9 Å². The van der Waals surface area contributed by atoms with E-state index in [9.17, 15) is 0 Å². The highest BCUT2D eigenvalue weighted by molar-refractivity contribution is 5.37. The lowest BCUT2D eigenvalue weighted by Gasteiger charge is -2.16. The molecule has 0 spiro atoms. The minimum absolute atomic E-state index is 0.0992. The maximum atomic E-state index is 8.64. The number of methoxy groups -OCH3 is 1. The predicted molar refractivity (Wildman–Crippen MR) is 68.6 cm³/mol. The summed E-state index contributed by atoms with van der Waals surface area (Å²) < 4.78 is 5.04. The molecule has 0 bridgehead atoms. The summed E-state index contributed by atoms with van der Waals surface area (Å²) >= 11 is 0. The molecule has 0 aliphatic carbocycles. The monoisotopic (exact) mass is 233 g/mol. The van der Waals surface area contributed by atoms with E-state index >= 15 is 0 Å². The number of hydrogen-bond donors (Lipinski definition) is 1. The van der Waals surface area contributed by atoms with Crippen LogP contribution in [0.15, 0.2) is 24.3 Å². The van der Waals surface area contributed by atoms with E-state index in [1.807, 2.05) is 18.2 Å². The van der Waals surface area contributed by atoms with Crippen LogP contribution in [0.1, 0.15) is 11.1 Å². The molecule has 0 saturated carbocycles. The van der Waals surface area contributed by atoms with E-state index in [4.69, 9.17) is 9.84 Å². The van der Waals surface area contributed by atoms with Gasteiger partial charge in [0.25, 0.3) is 0 Å².